The molecule has 1 unspecified atom stereocenters. The monoisotopic (exact) mass is 380 g/mol. The second-order valence-corrected chi connectivity index (χ2v) is 6.99. The second kappa shape index (κ2) is 6.84. The van der Waals surface area contributed by atoms with Crippen molar-refractivity contribution in [1.29, 1.82) is 0 Å². The number of aromatic nitrogens is 4. The first-order valence-electron chi connectivity index (χ1n) is 9.01. The van der Waals surface area contributed by atoms with E-state index in [0.29, 0.717) is 17.4 Å². The van der Waals surface area contributed by atoms with Crippen molar-refractivity contribution in [2.75, 3.05) is 5.32 Å². The highest BCUT2D eigenvalue weighted by Gasteiger charge is 2.26. The van der Waals surface area contributed by atoms with Crippen LogP contribution >= 0.6 is 0 Å². The van der Waals surface area contributed by atoms with Gasteiger partial charge in [-0.2, -0.15) is 5.10 Å². The Hall–Kier alpha value is -3.62. The van der Waals surface area contributed by atoms with Gasteiger partial charge in [0, 0.05) is 23.7 Å². The number of rotatable bonds is 6. The van der Waals surface area contributed by atoms with Gasteiger partial charge in [-0.15, -0.1) is 0 Å². The highest BCUT2D eigenvalue weighted by atomic mass is 16.2. The lowest BCUT2D eigenvalue weighted by Crippen LogP contribution is -2.19. The fraction of sp³-hybridized carbons (Fsp3) is 0.263. The molecule has 4 rings (SSSR count). The number of nitrogens with zero attached hydrogens (tertiary/aromatic N) is 2. The number of primary amides is 1. The summed E-state index contributed by atoms with van der Waals surface area (Å²) in [6.45, 7) is 1.80. The number of nitrogens with one attached hydrogen (secondary N) is 3. The van der Waals surface area contributed by atoms with E-state index in [4.69, 9.17) is 5.73 Å². The van der Waals surface area contributed by atoms with E-state index in [1.54, 1.807) is 31.2 Å². The lowest BCUT2D eigenvalue weighted by Gasteiger charge is -2.12. The summed E-state index contributed by atoms with van der Waals surface area (Å²) in [7, 11) is 0. The molecule has 9 heteroatoms. The molecule has 0 bridgehead atoms. The molecule has 1 aromatic carbocycles. The third kappa shape index (κ3) is 3.46. The van der Waals surface area contributed by atoms with Gasteiger partial charge in [-0.05, 0) is 37.5 Å². The van der Waals surface area contributed by atoms with Crippen molar-refractivity contribution in [1.82, 2.24) is 20.0 Å². The molecule has 0 saturated heterocycles. The molecule has 0 radical (unpaired) electrons. The summed E-state index contributed by atoms with van der Waals surface area (Å²) < 4.78 is 1.22. The van der Waals surface area contributed by atoms with Gasteiger partial charge in [-0.1, -0.05) is 12.1 Å². The van der Waals surface area contributed by atoms with Crippen molar-refractivity contribution in [3.8, 4) is 5.69 Å². The molecule has 1 atom stereocenters. The number of carbonyl (C=O) groups excluding carboxylic acids is 2. The number of anilines is 1. The fourth-order valence-electron chi connectivity index (χ4n) is 3.02. The van der Waals surface area contributed by atoms with E-state index < -0.39 is 17.4 Å². The molecule has 1 aliphatic carbocycles. The molecule has 1 aliphatic rings. The Balaban J connectivity index is 1.47. The lowest BCUT2D eigenvalue weighted by molar-refractivity contribution is -0.117. The van der Waals surface area contributed by atoms with E-state index in [1.807, 2.05) is 6.07 Å². The smallest absolute Gasteiger partial charge is 0.271 e. The van der Waals surface area contributed by atoms with Crippen LogP contribution < -0.4 is 16.6 Å². The van der Waals surface area contributed by atoms with E-state index in [1.165, 1.54) is 4.68 Å². The molecule has 2 heterocycles. The summed E-state index contributed by atoms with van der Waals surface area (Å²) in [6.07, 6.45) is 2.31. The molecule has 1 fully saturated rings. The Morgan fingerprint density at radius 1 is 1.25 bits per heavy atom. The van der Waals surface area contributed by atoms with Gasteiger partial charge >= 0.3 is 0 Å². The molecule has 0 aliphatic heterocycles. The molecule has 28 heavy (non-hydrogen) atoms. The van der Waals surface area contributed by atoms with Crippen LogP contribution in [0, 0.1) is 0 Å². The minimum atomic E-state index is -0.707. The standard InChI is InChI=1S/C19H20N6O3/c1-10(19(28)21-16-8-14(22-23-16)12-2-3-12)11-4-6-13(7-5-11)25-17(26)9-15(24-25)18(20)27/h4-10,12,24H,2-3H2,1H3,(H2,20,27)(H2,21,22,23,28). The van der Waals surface area contributed by atoms with Crippen LogP contribution in [0.4, 0.5) is 5.82 Å². The minimum Gasteiger partial charge on any atom is -0.364 e. The molecule has 2 amide bonds. The van der Waals surface area contributed by atoms with Crippen LogP contribution in [0.2, 0.25) is 0 Å². The van der Waals surface area contributed by atoms with Gasteiger partial charge in [0.2, 0.25) is 5.91 Å². The number of hydrogen-bond donors (Lipinski definition) is 4. The molecule has 0 spiro atoms. The van der Waals surface area contributed by atoms with E-state index in [0.717, 1.165) is 30.2 Å². The van der Waals surface area contributed by atoms with Crippen molar-refractivity contribution in [2.24, 2.45) is 5.73 Å². The van der Waals surface area contributed by atoms with E-state index in [9.17, 15) is 14.4 Å². The Kier molecular flexibility index (Phi) is 4.34. The maximum atomic E-state index is 12.5. The Morgan fingerprint density at radius 2 is 1.96 bits per heavy atom. The minimum absolute atomic E-state index is 0.0337. The Labute approximate surface area is 159 Å². The lowest BCUT2D eigenvalue weighted by atomic mass is 10.00. The summed E-state index contributed by atoms with van der Waals surface area (Å²) in [4.78, 5) is 35.7. The third-order valence-electron chi connectivity index (χ3n) is 4.90. The van der Waals surface area contributed by atoms with Crippen molar-refractivity contribution in [3.05, 3.63) is 63.7 Å². The highest BCUT2D eigenvalue weighted by Crippen LogP contribution is 2.39. The first kappa shape index (κ1) is 17.8. The average Bonchev–Trinajstić information content (AvgIpc) is 3.30. The number of nitrogens with two attached hydrogens (primary N) is 1. The molecule has 144 valence electrons. The number of hydrogen-bond acceptors (Lipinski definition) is 4. The SMILES string of the molecule is CC(C(=O)Nc1cc(C2CC2)[nH]n1)c1ccc(-n2[nH]c(C(N)=O)cc2=O)cc1. The zero-order chi connectivity index (χ0) is 19.8. The van der Waals surface area contributed by atoms with Crippen LogP contribution in [0.15, 0.2) is 41.2 Å². The number of benzene rings is 1. The Morgan fingerprint density at radius 3 is 2.57 bits per heavy atom. The topological polar surface area (TPSA) is 139 Å². The zero-order valence-corrected chi connectivity index (χ0v) is 15.2. The van der Waals surface area contributed by atoms with E-state index in [2.05, 4.69) is 20.6 Å². The number of carbonyl (C=O) groups is 2. The molecular weight excluding hydrogens is 360 g/mol. The summed E-state index contributed by atoms with van der Waals surface area (Å²) in [5, 5.41) is 12.6. The van der Waals surface area contributed by atoms with Gasteiger partial charge in [-0.25, -0.2) is 4.68 Å². The maximum Gasteiger partial charge on any atom is 0.271 e. The van der Waals surface area contributed by atoms with Crippen molar-refractivity contribution >= 4 is 17.6 Å². The first-order chi connectivity index (χ1) is 13.4. The van der Waals surface area contributed by atoms with Crippen LogP contribution in [-0.2, 0) is 4.79 Å². The Bertz CT molecular complexity index is 1090. The molecule has 3 aromatic rings. The number of amides is 2. The average molecular weight is 380 g/mol. The van der Waals surface area contributed by atoms with Crippen LogP contribution in [0.5, 0.6) is 0 Å². The van der Waals surface area contributed by atoms with E-state index >= 15 is 0 Å². The van der Waals surface area contributed by atoms with Gasteiger partial charge in [-0.3, -0.25) is 24.6 Å². The molecule has 2 aromatic heterocycles. The molecule has 5 N–H and O–H groups in total. The predicted octanol–water partition coefficient (Wildman–Crippen LogP) is 1.61. The maximum absolute atomic E-state index is 12.5. The van der Waals surface area contributed by atoms with Gasteiger partial charge in [0.15, 0.2) is 5.82 Å². The van der Waals surface area contributed by atoms with E-state index in [-0.39, 0.29) is 11.6 Å². The van der Waals surface area contributed by atoms with Crippen LogP contribution in [0.1, 0.15) is 53.3 Å². The van der Waals surface area contributed by atoms with Crippen LogP contribution in [0.3, 0.4) is 0 Å². The number of aromatic amines is 2. The quantitative estimate of drug-likeness (QED) is 0.516. The summed E-state index contributed by atoms with van der Waals surface area (Å²) >= 11 is 0. The van der Waals surface area contributed by atoms with Gasteiger partial charge in [0.05, 0.1) is 11.6 Å². The van der Waals surface area contributed by atoms with Gasteiger partial charge in [0.1, 0.15) is 5.69 Å². The molecule has 1 saturated carbocycles. The zero-order valence-electron chi connectivity index (χ0n) is 15.2. The number of H-pyrrole nitrogens is 2. The molecule has 9 nitrogen and oxygen atoms in total. The largest absolute Gasteiger partial charge is 0.364 e. The predicted molar refractivity (Wildman–Crippen MR) is 103 cm³/mol. The normalized spacial score (nSPS) is 14.6. The van der Waals surface area contributed by atoms with Crippen molar-refractivity contribution in [3.63, 3.8) is 0 Å². The van der Waals surface area contributed by atoms with Crippen molar-refractivity contribution in [2.45, 2.75) is 31.6 Å². The summed E-state index contributed by atoms with van der Waals surface area (Å²) in [6, 6.07) is 9.93. The fourth-order valence-corrected chi connectivity index (χ4v) is 3.02. The first-order valence-corrected chi connectivity index (χ1v) is 9.01. The van der Waals surface area contributed by atoms with Gasteiger partial charge in [0.25, 0.3) is 11.5 Å². The molecular formula is C19H20N6O3. The third-order valence-corrected chi connectivity index (χ3v) is 4.90. The summed E-state index contributed by atoms with van der Waals surface area (Å²) in [5.41, 5.74) is 7.20. The second-order valence-electron chi connectivity index (χ2n) is 6.99. The highest BCUT2D eigenvalue weighted by molar-refractivity contribution is 5.94. The summed E-state index contributed by atoms with van der Waals surface area (Å²) in [5.74, 6) is -0.228. The van der Waals surface area contributed by atoms with Crippen LogP contribution in [0.25, 0.3) is 5.69 Å². The van der Waals surface area contributed by atoms with Crippen LogP contribution in [-0.4, -0.2) is 31.8 Å². The van der Waals surface area contributed by atoms with Crippen molar-refractivity contribution < 1.29 is 9.59 Å². The van der Waals surface area contributed by atoms with Gasteiger partial charge < -0.3 is 11.1 Å².